The molecule has 6 nitrogen and oxygen atoms in total. The molecule has 3 rings (SSSR count). The normalized spacial score (nSPS) is 16.4. The molecule has 8 heteroatoms. The van der Waals surface area contributed by atoms with E-state index in [-0.39, 0.29) is 5.92 Å². The van der Waals surface area contributed by atoms with Crippen LogP contribution < -0.4 is 5.32 Å². The monoisotopic (exact) mass is 595 g/mol. The van der Waals surface area contributed by atoms with Crippen LogP contribution in [0.2, 0.25) is 0 Å². The zero-order valence-electron chi connectivity index (χ0n) is 22.8. The molecular formula is C30H38BrN5OS. The lowest BCUT2D eigenvalue weighted by Crippen LogP contribution is -2.37. The lowest BCUT2D eigenvalue weighted by atomic mass is 9.92. The second kappa shape index (κ2) is 16.9. The number of piperidine rings is 1. The molecule has 1 N–H and O–H groups in total. The highest BCUT2D eigenvalue weighted by Crippen LogP contribution is 2.26. The summed E-state index contributed by atoms with van der Waals surface area (Å²) in [4.78, 5) is 9.68. The predicted molar refractivity (Wildman–Crippen MR) is 162 cm³/mol. The lowest BCUT2D eigenvalue weighted by Gasteiger charge is -2.31. The van der Waals surface area contributed by atoms with Crippen LogP contribution in [-0.4, -0.2) is 32.3 Å². The van der Waals surface area contributed by atoms with E-state index in [4.69, 9.17) is 4.99 Å². The van der Waals surface area contributed by atoms with E-state index >= 15 is 0 Å². The Morgan fingerprint density at radius 3 is 2.55 bits per heavy atom. The largest absolute Gasteiger partial charge is 0.384 e. The summed E-state index contributed by atoms with van der Waals surface area (Å²) in [6.07, 6.45) is 10.4. The van der Waals surface area contributed by atoms with Gasteiger partial charge in [-0.25, -0.2) is 8.51 Å². The number of aromatic nitrogens is 1. The maximum atomic E-state index is 13.2. The van der Waals surface area contributed by atoms with Crippen molar-refractivity contribution >= 4 is 32.6 Å². The van der Waals surface area contributed by atoms with Gasteiger partial charge in [-0.3, -0.25) is 9.98 Å². The van der Waals surface area contributed by atoms with Crippen molar-refractivity contribution in [1.29, 1.82) is 5.26 Å². The second-order valence-electron chi connectivity index (χ2n) is 8.98. The molecule has 1 aliphatic rings. The first-order valence-electron chi connectivity index (χ1n) is 12.9. The Morgan fingerprint density at radius 2 is 1.95 bits per heavy atom. The third kappa shape index (κ3) is 9.79. The van der Waals surface area contributed by atoms with Gasteiger partial charge in [0.15, 0.2) is 0 Å². The molecule has 202 valence electrons. The fraction of sp³-hybridized carbons (Fsp3) is 0.367. The average Bonchev–Trinajstić information content (AvgIpc) is 2.95. The average molecular weight is 597 g/mol. The molecule has 1 atom stereocenters. The Kier molecular flexibility index (Phi) is 13.9. The summed E-state index contributed by atoms with van der Waals surface area (Å²) >= 11 is 3.53. The van der Waals surface area contributed by atoms with E-state index < -0.39 is 11.0 Å². The Labute approximate surface area is 239 Å². The summed E-state index contributed by atoms with van der Waals surface area (Å²) in [6, 6.07) is 13.2. The highest BCUT2D eigenvalue weighted by Gasteiger charge is 2.27. The van der Waals surface area contributed by atoms with Crippen LogP contribution in [0.1, 0.15) is 58.1 Å². The van der Waals surface area contributed by atoms with Crippen LogP contribution in [0.3, 0.4) is 0 Å². The van der Waals surface area contributed by atoms with Crippen molar-refractivity contribution in [2.45, 2.75) is 58.4 Å². The van der Waals surface area contributed by atoms with E-state index in [1.807, 2.05) is 42.5 Å². The van der Waals surface area contributed by atoms with E-state index in [0.717, 1.165) is 40.0 Å². The Balaban J connectivity index is 0.00000161. The molecule has 1 aromatic heterocycles. The molecule has 2 heterocycles. The zero-order chi connectivity index (χ0) is 27.9. The molecule has 0 saturated carbocycles. The van der Waals surface area contributed by atoms with Gasteiger partial charge in [-0.1, -0.05) is 51.1 Å². The van der Waals surface area contributed by atoms with Gasteiger partial charge in [0.1, 0.15) is 17.1 Å². The molecule has 2 aromatic rings. The molecule has 1 saturated heterocycles. The van der Waals surface area contributed by atoms with Gasteiger partial charge >= 0.3 is 0 Å². The number of nitrogens with one attached hydrogen (secondary N) is 1. The fourth-order valence-electron chi connectivity index (χ4n) is 3.82. The Bertz CT molecular complexity index is 1210. The standard InChI is InChI=1S/C27H30BrN5OS.C3H8/c1-4-25(28)21(3)32-26(16-20(2)31-19-22-8-7-13-30-18-22)23-11-14-33(15-12-23)35(34)27-10-6-5-9-24(27)17-29;1-3-2/h4-10,13,16,18,23,31H,1,11-12,14-15,19H2,2-3H3;3H2,1-2H3/b20-16+,25-21-,32-26+;. The number of nitrogens with zero attached hydrogens (tertiary/aromatic N) is 4. The summed E-state index contributed by atoms with van der Waals surface area (Å²) < 4.78 is 16.0. The summed E-state index contributed by atoms with van der Waals surface area (Å²) in [7, 11) is -1.36. The van der Waals surface area contributed by atoms with Crippen LogP contribution >= 0.6 is 15.9 Å². The zero-order valence-corrected chi connectivity index (χ0v) is 25.2. The number of hydrogen-bond donors (Lipinski definition) is 1. The van der Waals surface area contributed by atoms with Crippen LogP contribution in [-0.2, 0) is 17.5 Å². The summed E-state index contributed by atoms with van der Waals surface area (Å²) in [5.74, 6) is 0.227. The predicted octanol–water partition coefficient (Wildman–Crippen LogP) is 7.05. The number of nitriles is 1. The maximum Gasteiger partial charge on any atom is 0.128 e. The number of halogens is 1. The summed E-state index contributed by atoms with van der Waals surface area (Å²) in [5, 5.41) is 12.8. The van der Waals surface area contributed by atoms with Crippen LogP contribution in [0.25, 0.3) is 0 Å². The van der Waals surface area contributed by atoms with Gasteiger partial charge in [-0.2, -0.15) is 5.26 Å². The lowest BCUT2D eigenvalue weighted by molar-refractivity contribution is 0.331. The first kappa shape index (κ1) is 31.4. The molecule has 1 aliphatic heterocycles. The third-order valence-electron chi connectivity index (χ3n) is 5.78. The molecule has 38 heavy (non-hydrogen) atoms. The molecule has 1 unspecified atom stereocenters. The van der Waals surface area contributed by atoms with Crippen molar-refractivity contribution in [3.63, 3.8) is 0 Å². The van der Waals surface area contributed by atoms with E-state index in [0.29, 0.717) is 30.1 Å². The fourth-order valence-corrected chi connectivity index (χ4v) is 5.23. The molecule has 1 aromatic carbocycles. The molecule has 0 spiro atoms. The van der Waals surface area contributed by atoms with E-state index in [1.54, 1.807) is 30.5 Å². The van der Waals surface area contributed by atoms with Gasteiger partial charge in [-0.15, -0.1) is 0 Å². The highest BCUT2D eigenvalue weighted by molar-refractivity contribution is 9.11. The van der Waals surface area contributed by atoms with Crippen LogP contribution in [0, 0.1) is 17.2 Å². The molecule has 0 bridgehead atoms. The summed E-state index contributed by atoms with van der Waals surface area (Å²) in [6.45, 7) is 14.1. The van der Waals surface area contributed by atoms with Crippen LogP contribution in [0.5, 0.6) is 0 Å². The van der Waals surface area contributed by atoms with Crippen molar-refractivity contribution in [2.24, 2.45) is 10.9 Å². The Hall–Kier alpha value is -2.86. The first-order valence-corrected chi connectivity index (χ1v) is 14.8. The molecular weight excluding hydrogens is 558 g/mol. The Morgan fingerprint density at radius 1 is 1.26 bits per heavy atom. The number of benzene rings is 1. The minimum Gasteiger partial charge on any atom is -0.384 e. The minimum atomic E-state index is -1.36. The number of pyridine rings is 1. The second-order valence-corrected chi connectivity index (χ2v) is 11.3. The van der Waals surface area contributed by atoms with Gasteiger partial charge < -0.3 is 5.32 Å². The molecule has 0 amide bonds. The highest BCUT2D eigenvalue weighted by atomic mass is 79.9. The van der Waals surface area contributed by atoms with Crippen molar-refractivity contribution in [3.05, 3.63) is 94.5 Å². The van der Waals surface area contributed by atoms with Crippen LogP contribution in [0.15, 0.2) is 93.3 Å². The van der Waals surface area contributed by atoms with Crippen molar-refractivity contribution in [1.82, 2.24) is 14.6 Å². The van der Waals surface area contributed by atoms with E-state index in [9.17, 15) is 9.47 Å². The van der Waals surface area contributed by atoms with Gasteiger partial charge in [0.2, 0.25) is 0 Å². The SMILES string of the molecule is C=C/C(Br)=C(C)/N=C(\C=C(/C)NCc1cccnc1)C1CCN(S(=O)c2ccccc2C#N)CC1.CCC. The quantitative estimate of drug-likeness (QED) is 0.249. The molecule has 0 aliphatic carbocycles. The van der Waals surface area contributed by atoms with E-state index in [1.165, 1.54) is 6.42 Å². The maximum absolute atomic E-state index is 13.2. The van der Waals surface area contributed by atoms with E-state index in [2.05, 4.69) is 58.8 Å². The number of hydrogen-bond acceptors (Lipinski definition) is 5. The number of aliphatic imine (C=N–C) groups is 1. The van der Waals surface area contributed by atoms with Gasteiger partial charge in [0, 0.05) is 53.8 Å². The van der Waals surface area contributed by atoms with Crippen molar-refractivity contribution in [3.8, 4) is 6.07 Å². The van der Waals surface area contributed by atoms with Crippen LogP contribution in [0.4, 0.5) is 0 Å². The summed E-state index contributed by atoms with van der Waals surface area (Å²) in [5.41, 5.74) is 4.44. The van der Waals surface area contributed by atoms with Gasteiger partial charge in [0.05, 0.1) is 16.2 Å². The molecule has 1 fully saturated rings. The third-order valence-corrected chi connectivity index (χ3v) is 8.25. The van der Waals surface area contributed by atoms with Gasteiger partial charge in [-0.05, 0) is 72.5 Å². The topological polar surface area (TPSA) is 81.4 Å². The minimum absolute atomic E-state index is 0.227. The van der Waals surface area contributed by atoms with Crippen molar-refractivity contribution < 1.29 is 4.21 Å². The number of rotatable bonds is 9. The first-order chi connectivity index (χ1) is 18.3. The molecule has 0 radical (unpaired) electrons. The smallest absolute Gasteiger partial charge is 0.128 e. The number of allylic oxidation sites excluding steroid dienone is 5. The van der Waals surface area contributed by atoms with Gasteiger partial charge in [0.25, 0.3) is 0 Å². The van der Waals surface area contributed by atoms with Crippen molar-refractivity contribution in [2.75, 3.05) is 13.1 Å².